The number of rotatable bonds is 6. The Hall–Kier alpha value is -2.87. The Balaban J connectivity index is 1.81. The van der Waals surface area contributed by atoms with Crippen molar-refractivity contribution in [2.24, 2.45) is 0 Å². The van der Waals surface area contributed by atoms with Crippen LogP contribution in [-0.2, 0) is 9.59 Å². The first-order chi connectivity index (χ1) is 13.9. The fourth-order valence-electron chi connectivity index (χ4n) is 3.09. The molecule has 2 aromatic rings. The molecule has 3 rings (SSSR count). The van der Waals surface area contributed by atoms with Crippen LogP contribution in [0.15, 0.2) is 30.3 Å². The van der Waals surface area contributed by atoms with Crippen LogP contribution in [0.1, 0.15) is 13.8 Å². The van der Waals surface area contributed by atoms with Crippen LogP contribution in [0, 0.1) is 0 Å². The van der Waals surface area contributed by atoms with E-state index in [4.69, 9.17) is 16.6 Å². The van der Waals surface area contributed by atoms with E-state index < -0.39 is 0 Å². The molecule has 1 aliphatic heterocycles. The van der Waals surface area contributed by atoms with Gasteiger partial charge in [0, 0.05) is 69.8 Å². The van der Waals surface area contributed by atoms with Gasteiger partial charge in [-0.25, -0.2) is 9.97 Å². The van der Waals surface area contributed by atoms with Gasteiger partial charge in [-0.05, 0) is 24.3 Å². The molecule has 8 nitrogen and oxygen atoms in total. The Kier molecular flexibility index (Phi) is 6.87. The molecule has 1 aromatic carbocycles. The predicted octanol–water partition coefficient (Wildman–Crippen LogP) is 2.01. The third kappa shape index (κ3) is 5.80. The molecule has 0 bridgehead atoms. The van der Waals surface area contributed by atoms with Crippen LogP contribution in [0.5, 0.6) is 0 Å². The van der Waals surface area contributed by atoms with Crippen molar-refractivity contribution < 1.29 is 9.59 Å². The van der Waals surface area contributed by atoms with Crippen LogP contribution in [0.25, 0.3) is 11.4 Å². The van der Waals surface area contributed by atoms with Crippen molar-refractivity contribution in [3.8, 4) is 11.4 Å². The van der Waals surface area contributed by atoms with Gasteiger partial charge in [0.15, 0.2) is 5.82 Å². The highest BCUT2D eigenvalue weighted by Gasteiger charge is 2.21. The quantitative estimate of drug-likeness (QED) is 0.700. The summed E-state index contributed by atoms with van der Waals surface area (Å²) in [5.41, 5.74) is 0.864. The van der Waals surface area contributed by atoms with E-state index >= 15 is 0 Å². The summed E-state index contributed by atoms with van der Waals surface area (Å²) in [7, 11) is 0. The Bertz CT molecular complexity index is 866. The first-order valence-corrected chi connectivity index (χ1v) is 9.94. The lowest BCUT2D eigenvalue weighted by Crippen LogP contribution is -2.48. The van der Waals surface area contributed by atoms with Gasteiger partial charge in [-0.1, -0.05) is 11.6 Å². The summed E-state index contributed by atoms with van der Waals surface area (Å²) in [5.74, 6) is 2.10. The molecule has 9 heteroatoms. The van der Waals surface area contributed by atoms with Crippen molar-refractivity contribution in [1.29, 1.82) is 0 Å². The average molecular weight is 417 g/mol. The van der Waals surface area contributed by atoms with Gasteiger partial charge in [0.1, 0.15) is 11.6 Å². The van der Waals surface area contributed by atoms with E-state index in [0.717, 1.165) is 11.4 Å². The molecule has 1 fully saturated rings. The van der Waals surface area contributed by atoms with Crippen LogP contribution in [-0.4, -0.2) is 66.0 Å². The predicted molar refractivity (Wildman–Crippen MR) is 114 cm³/mol. The second kappa shape index (κ2) is 9.56. The normalized spacial score (nSPS) is 13.9. The summed E-state index contributed by atoms with van der Waals surface area (Å²) in [5, 5.41) is 6.65. The van der Waals surface area contributed by atoms with E-state index in [1.165, 1.54) is 6.92 Å². The highest BCUT2D eigenvalue weighted by atomic mass is 35.5. The smallest absolute Gasteiger partial charge is 0.219 e. The van der Waals surface area contributed by atoms with Crippen LogP contribution < -0.4 is 15.5 Å². The van der Waals surface area contributed by atoms with Crippen molar-refractivity contribution in [1.82, 2.24) is 20.2 Å². The van der Waals surface area contributed by atoms with Crippen molar-refractivity contribution in [3.63, 3.8) is 0 Å². The molecule has 2 heterocycles. The standard InChI is InChI=1S/C20H25ClN6O2/c1-14(28)22-7-8-23-18-13-19(27-11-9-26(10-12-27)15(2)29)25-20(24-18)16-3-5-17(21)6-4-16/h3-6,13H,7-12H2,1-2H3,(H,22,28)(H,23,24,25). The summed E-state index contributed by atoms with van der Waals surface area (Å²) < 4.78 is 0. The molecule has 1 aliphatic rings. The first kappa shape index (κ1) is 20.9. The minimum atomic E-state index is -0.0691. The molecule has 1 saturated heterocycles. The van der Waals surface area contributed by atoms with E-state index in [2.05, 4.69) is 20.5 Å². The molecule has 0 radical (unpaired) electrons. The van der Waals surface area contributed by atoms with Gasteiger partial charge in [-0.15, -0.1) is 0 Å². The summed E-state index contributed by atoms with van der Waals surface area (Å²) in [4.78, 5) is 36.0. The van der Waals surface area contributed by atoms with Crippen LogP contribution >= 0.6 is 11.6 Å². The largest absolute Gasteiger partial charge is 0.368 e. The zero-order chi connectivity index (χ0) is 20.8. The molecule has 0 atom stereocenters. The summed E-state index contributed by atoms with van der Waals surface area (Å²) in [6.45, 7) is 6.89. The number of piperazine rings is 1. The molecule has 0 spiro atoms. The van der Waals surface area contributed by atoms with Crippen molar-refractivity contribution in [2.45, 2.75) is 13.8 Å². The number of nitrogens with zero attached hydrogens (tertiary/aromatic N) is 4. The Morgan fingerprint density at radius 1 is 1.03 bits per heavy atom. The topological polar surface area (TPSA) is 90.5 Å². The minimum Gasteiger partial charge on any atom is -0.368 e. The molecule has 154 valence electrons. The van der Waals surface area contributed by atoms with Gasteiger partial charge in [-0.2, -0.15) is 0 Å². The number of hydrogen-bond donors (Lipinski definition) is 2. The van der Waals surface area contributed by atoms with Crippen LogP contribution in [0.3, 0.4) is 0 Å². The van der Waals surface area contributed by atoms with Gasteiger partial charge in [-0.3, -0.25) is 9.59 Å². The fourth-order valence-corrected chi connectivity index (χ4v) is 3.22. The number of aromatic nitrogens is 2. The lowest BCUT2D eigenvalue weighted by molar-refractivity contribution is -0.129. The maximum Gasteiger partial charge on any atom is 0.219 e. The third-order valence-electron chi connectivity index (χ3n) is 4.67. The van der Waals surface area contributed by atoms with Gasteiger partial charge in [0.05, 0.1) is 0 Å². The minimum absolute atomic E-state index is 0.0691. The molecule has 29 heavy (non-hydrogen) atoms. The number of hydrogen-bond acceptors (Lipinski definition) is 6. The second-order valence-electron chi connectivity index (χ2n) is 6.84. The number of amides is 2. The molecular formula is C20H25ClN6O2. The van der Waals surface area contributed by atoms with Crippen molar-refractivity contribution in [2.75, 3.05) is 49.5 Å². The van der Waals surface area contributed by atoms with E-state index in [0.29, 0.717) is 55.9 Å². The van der Waals surface area contributed by atoms with E-state index in [-0.39, 0.29) is 11.8 Å². The molecule has 1 aromatic heterocycles. The molecule has 0 saturated carbocycles. The zero-order valence-corrected chi connectivity index (χ0v) is 17.4. The van der Waals surface area contributed by atoms with Crippen LogP contribution in [0.4, 0.5) is 11.6 Å². The number of carbonyl (C=O) groups is 2. The Labute approximate surface area is 175 Å². The second-order valence-corrected chi connectivity index (χ2v) is 7.28. The van der Waals surface area contributed by atoms with E-state index in [1.807, 2.05) is 35.2 Å². The maximum atomic E-state index is 11.6. The molecule has 2 N–H and O–H groups in total. The number of carbonyl (C=O) groups excluding carboxylic acids is 2. The van der Waals surface area contributed by atoms with Gasteiger partial charge in [0.25, 0.3) is 0 Å². The Morgan fingerprint density at radius 3 is 2.34 bits per heavy atom. The third-order valence-corrected chi connectivity index (χ3v) is 4.92. The first-order valence-electron chi connectivity index (χ1n) is 9.56. The van der Waals surface area contributed by atoms with Crippen molar-refractivity contribution in [3.05, 3.63) is 35.4 Å². The molecular weight excluding hydrogens is 392 g/mol. The van der Waals surface area contributed by atoms with Crippen molar-refractivity contribution >= 4 is 35.1 Å². The number of halogens is 1. The Morgan fingerprint density at radius 2 is 1.72 bits per heavy atom. The van der Waals surface area contributed by atoms with Gasteiger partial charge in [0.2, 0.25) is 11.8 Å². The van der Waals surface area contributed by atoms with Gasteiger partial charge >= 0.3 is 0 Å². The highest BCUT2D eigenvalue weighted by Crippen LogP contribution is 2.24. The summed E-state index contributed by atoms with van der Waals surface area (Å²) >= 11 is 6.00. The zero-order valence-electron chi connectivity index (χ0n) is 16.6. The molecule has 0 aliphatic carbocycles. The SMILES string of the molecule is CC(=O)NCCNc1cc(N2CCN(C(C)=O)CC2)nc(-c2ccc(Cl)cc2)n1. The molecule has 2 amide bonds. The summed E-state index contributed by atoms with van der Waals surface area (Å²) in [6, 6.07) is 9.29. The number of benzene rings is 1. The fraction of sp³-hybridized carbons (Fsp3) is 0.400. The number of anilines is 2. The lowest BCUT2D eigenvalue weighted by atomic mass is 10.2. The average Bonchev–Trinajstić information content (AvgIpc) is 2.71. The number of nitrogens with one attached hydrogen (secondary N) is 2. The lowest BCUT2D eigenvalue weighted by Gasteiger charge is -2.35. The summed E-state index contributed by atoms with van der Waals surface area (Å²) in [6.07, 6.45) is 0. The maximum absolute atomic E-state index is 11.6. The van der Waals surface area contributed by atoms with Crippen LogP contribution in [0.2, 0.25) is 5.02 Å². The van der Waals surface area contributed by atoms with Gasteiger partial charge < -0.3 is 20.4 Å². The highest BCUT2D eigenvalue weighted by molar-refractivity contribution is 6.30. The van der Waals surface area contributed by atoms with E-state index in [1.54, 1.807) is 6.92 Å². The van der Waals surface area contributed by atoms with E-state index in [9.17, 15) is 9.59 Å². The molecule has 0 unspecified atom stereocenters. The monoisotopic (exact) mass is 416 g/mol.